The predicted molar refractivity (Wildman–Crippen MR) is 120 cm³/mol. The molecule has 0 saturated heterocycles. The van der Waals surface area contributed by atoms with Crippen LogP contribution in [0, 0.1) is 35.5 Å². The molecule has 2 aliphatic carbocycles. The van der Waals surface area contributed by atoms with Gasteiger partial charge in [0.05, 0.1) is 0 Å². The molecule has 4 N–H and O–H groups in total. The minimum absolute atomic E-state index is 0.453. The minimum atomic E-state index is 0.453. The van der Waals surface area contributed by atoms with E-state index in [0.29, 0.717) is 12.1 Å². The molecule has 2 aliphatic rings. The second-order valence-corrected chi connectivity index (χ2v) is 10.5. The van der Waals surface area contributed by atoms with Crippen LogP contribution in [0.25, 0.3) is 0 Å². The zero-order chi connectivity index (χ0) is 19.8. The number of unbranched alkanes of at least 4 members (excludes halogenated alkanes) is 2. The third-order valence-corrected chi connectivity index (χ3v) is 8.28. The lowest BCUT2D eigenvalue weighted by Gasteiger charge is -2.42. The van der Waals surface area contributed by atoms with E-state index in [0.717, 1.165) is 35.5 Å². The maximum atomic E-state index is 6.56. The first-order valence-corrected chi connectivity index (χ1v) is 12.5. The molecule has 8 unspecified atom stereocenters. The van der Waals surface area contributed by atoms with E-state index >= 15 is 0 Å². The van der Waals surface area contributed by atoms with Gasteiger partial charge in [-0.2, -0.15) is 0 Å². The molecule has 0 heterocycles. The van der Waals surface area contributed by atoms with Gasteiger partial charge in [-0.25, -0.2) is 0 Å². The van der Waals surface area contributed by atoms with Crippen molar-refractivity contribution in [2.45, 2.75) is 123 Å². The lowest BCUT2D eigenvalue weighted by molar-refractivity contribution is 0.114. The largest absolute Gasteiger partial charge is 0.327 e. The summed E-state index contributed by atoms with van der Waals surface area (Å²) in [5.74, 6) is 4.99. The lowest BCUT2D eigenvalue weighted by atomic mass is 9.66. The van der Waals surface area contributed by atoms with Crippen LogP contribution in [-0.2, 0) is 0 Å². The lowest BCUT2D eigenvalue weighted by Crippen LogP contribution is -2.42. The summed E-state index contributed by atoms with van der Waals surface area (Å²) in [4.78, 5) is 0. The van der Waals surface area contributed by atoms with Crippen molar-refractivity contribution in [3.8, 4) is 0 Å². The Bertz CT molecular complexity index is 360. The van der Waals surface area contributed by atoms with E-state index in [1.54, 1.807) is 0 Å². The SMILES string of the molecule is CCCCC(C)C1CC(CC2CCC(N)C(C(C)CCCC)C2)CCC1N. The molecule has 27 heavy (non-hydrogen) atoms. The highest BCUT2D eigenvalue weighted by atomic mass is 14.7. The quantitative estimate of drug-likeness (QED) is 0.455. The summed E-state index contributed by atoms with van der Waals surface area (Å²) < 4.78 is 0. The first-order chi connectivity index (χ1) is 13.0. The molecule has 0 spiro atoms. The van der Waals surface area contributed by atoms with Gasteiger partial charge in [-0.3, -0.25) is 0 Å². The fourth-order valence-corrected chi connectivity index (χ4v) is 6.33. The highest BCUT2D eigenvalue weighted by Crippen LogP contribution is 2.42. The fourth-order valence-electron chi connectivity index (χ4n) is 6.33. The average Bonchev–Trinajstić information content (AvgIpc) is 2.67. The Balaban J connectivity index is 1.86. The highest BCUT2D eigenvalue weighted by Gasteiger charge is 2.36. The molecule has 0 aromatic heterocycles. The van der Waals surface area contributed by atoms with E-state index in [1.165, 1.54) is 83.5 Å². The Kier molecular flexibility index (Phi) is 10.1. The Hall–Kier alpha value is -0.0800. The molecule has 0 radical (unpaired) electrons. The monoisotopic (exact) mass is 378 g/mol. The van der Waals surface area contributed by atoms with Gasteiger partial charge < -0.3 is 11.5 Å². The van der Waals surface area contributed by atoms with Gasteiger partial charge in [0.1, 0.15) is 0 Å². The third kappa shape index (κ3) is 7.03. The second kappa shape index (κ2) is 11.8. The van der Waals surface area contributed by atoms with E-state index < -0.39 is 0 Å². The van der Waals surface area contributed by atoms with Crippen molar-refractivity contribution in [1.82, 2.24) is 0 Å². The standard InChI is InChI=1S/C25H50N2/c1-5-7-9-18(3)22-16-20(11-13-24(22)26)15-21-12-14-25(27)23(17-21)19(4)10-8-6-2/h18-25H,5-17,26-27H2,1-4H3. The summed E-state index contributed by atoms with van der Waals surface area (Å²) in [6.45, 7) is 9.55. The van der Waals surface area contributed by atoms with E-state index in [9.17, 15) is 0 Å². The van der Waals surface area contributed by atoms with Crippen LogP contribution in [0.2, 0.25) is 0 Å². The molecule has 8 atom stereocenters. The molecule has 160 valence electrons. The molecule has 0 aromatic carbocycles. The van der Waals surface area contributed by atoms with Gasteiger partial charge in [0.25, 0.3) is 0 Å². The maximum Gasteiger partial charge on any atom is 0.00699 e. The minimum Gasteiger partial charge on any atom is -0.327 e. The topological polar surface area (TPSA) is 52.0 Å². The van der Waals surface area contributed by atoms with E-state index in [2.05, 4.69) is 27.7 Å². The van der Waals surface area contributed by atoms with Gasteiger partial charge in [-0.15, -0.1) is 0 Å². The van der Waals surface area contributed by atoms with Crippen molar-refractivity contribution < 1.29 is 0 Å². The van der Waals surface area contributed by atoms with Crippen LogP contribution < -0.4 is 11.5 Å². The molecule has 2 fully saturated rings. The first kappa shape index (κ1) is 23.2. The van der Waals surface area contributed by atoms with E-state index in [4.69, 9.17) is 11.5 Å². The smallest absolute Gasteiger partial charge is 0.00699 e. The van der Waals surface area contributed by atoms with Gasteiger partial charge in [0.2, 0.25) is 0 Å². The summed E-state index contributed by atoms with van der Waals surface area (Å²) in [6.07, 6.45) is 17.6. The average molecular weight is 379 g/mol. The van der Waals surface area contributed by atoms with Gasteiger partial charge in [-0.05, 0) is 80.5 Å². The molecule has 2 heteroatoms. The predicted octanol–water partition coefficient (Wildman–Crippen LogP) is 6.52. The zero-order valence-corrected chi connectivity index (χ0v) is 19.0. The number of hydrogen-bond donors (Lipinski definition) is 2. The van der Waals surface area contributed by atoms with Crippen LogP contribution in [0.15, 0.2) is 0 Å². The number of nitrogens with two attached hydrogens (primary N) is 2. The van der Waals surface area contributed by atoms with E-state index in [-0.39, 0.29) is 0 Å². The molecular formula is C25H50N2. The summed E-state index contributed by atoms with van der Waals surface area (Å²) >= 11 is 0. The Morgan fingerprint density at radius 1 is 0.704 bits per heavy atom. The van der Waals surface area contributed by atoms with Gasteiger partial charge >= 0.3 is 0 Å². The molecule has 2 rings (SSSR count). The second-order valence-electron chi connectivity index (χ2n) is 10.5. The van der Waals surface area contributed by atoms with Crippen molar-refractivity contribution >= 4 is 0 Å². The van der Waals surface area contributed by atoms with Crippen LogP contribution in [-0.4, -0.2) is 12.1 Å². The first-order valence-electron chi connectivity index (χ1n) is 12.5. The van der Waals surface area contributed by atoms with Gasteiger partial charge in [0.15, 0.2) is 0 Å². The number of hydrogen-bond acceptors (Lipinski definition) is 2. The molecular weight excluding hydrogens is 328 g/mol. The van der Waals surface area contributed by atoms with E-state index in [1.807, 2.05) is 0 Å². The third-order valence-electron chi connectivity index (χ3n) is 8.28. The molecule has 0 amide bonds. The van der Waals surface area contributed by atoms with Crippen molar-refractivity contribution in [3.63, 3.8) is 0 Å². The van der Waals surface area contributed by atoms with Crippen molar-refractivity contribution in [2.75, 3.05) is 0 Å². The van der Waals surface area contributed by atoms with Crippen LogP contribution in [0.3, 0.4) is 0 Å². The Labute approximate surface area is 170 Å². The van der Waals surface area contributed by atoms with Crippen LogP contribution in [0.4, 0.5) is 0 Å². The summed E-state index contributed by atoms with van der Waals surface area (Å²) in [7, 11) is 0. The van der Waals surface area contributed by atoms with Gasteiger partial charge in [0, 0.05) is 12.1 Å². The molecule has 2 nitrogen and oxygen atoms in total. The van der Waals surface area contributed by atoms with Crippen LogP contribution in [0.5, 0.6) is 0 Å². The molecule has 2 saturated carbocycles. The Morgan fingerprint density at radius 2 is 1.11 bits per heavy atom. The molecule has 0 aliphatic heterocycles. The highest BCUT2D eigenvalue weighted by molar-refractivity contribution is 4.90. The maximum absolute atomic E-state index is 6.56. The summed E-state index contributed by atoms with van der Waals surface area (Å²) in [5, 5.41) is 0. The fraction of sp³-hybridized carbons (Fsp3) is 1.00. The molecule has 0 bridgehead atoms. The van der Waals surface area contributed by atoms with Crippen molar-refractivity contribution in [2.24, 2.45) is 47.0 Å². The van der Waals surface area contributed by atoms with Crippen molar-refractivity contribution in [1.29, 1.82) is 0 Å². The zero-order valence-electron chi connectivity index (χ0n) is 19.0. The van der Waals surface area contributed by atoms with Crippen molar-refractivity contribution in [3.05, 3.63) is 0 Å². The number of rotatable bonds is 10. The van der Waals surface area contributed by atoms with Crippen LogP contribution >= 0.6 is 0 Å². The summed E-state index contributed by atoms with van der Waals surface area (Å²) in [5.41, 5.74) is 13.1. The summed E-state index contributed by atoms with van der Waals surface area (Å²) in [6, 6.07) is 0.907. The Morgan fingerprint density at radius 3 is 1.48 bits per heavy atom. The van der Waals surface area contributed by atoms with Gasteiger partial charge in [-0.1, -0.05) is 66.2 Å². The van der Waals surface area contributed by atoms with Crippen LogP contribution in [0.1, 0.15) is 111 Å². The normalized spacial score (nSPS) is 37.1. The molecule has 0 aromatic rings.